The molecule has 8 nitrogen and oxygen atoms in total. The van der Waals surface area contributed by atoms with Gasteiger partial charge in [-0.3, -0.25) is 14.4 Å². The third-order valence-electron chi connectivity index (χ3n) is 8.04. The van der Waals surface area contributed by atoms with E-state index in [2.05, 4.69) is 85.3 Å². The molecule has 0 aliphatic carbocycles. The standard InChI is InChI=1S/C26H53N3O5Si2/c1-13-14-15-16-27-24(32)22-23(34-36(11,12)26(6,7)8)20(33-35(9,10)25(3,4)5)18-29(22)21(31)17-28-19(2)30/h20,22-23H,13-18H2,1-12H3,(H,27,32)(H,28,30)/t20-,22?,23+/m0/s1. The maximum absolute atomic E-state index is 13.6. The van der Waals surface area contributed by atoms with Gasteiger partial charge in [-0.05, 0) is 42.7 Å². The Kier molecular flexibility index (Phi) is 11.4. The normalized spacial score (nSPS) is 21.4. The van der Waals surface area contributed by atoms with Crippen molar-refractivity contribution in [1.82, 2.24) is 15.5 Å². The first-order valence-electron chi connectivity index (χ1n) is 13.4. The Labute approximate surface area is 221 Å². The van der Waals surface area contributed by atoms with Crippen molar-refractivity contribution in [1.29, 1.82) is 0 Å². The van der Waals surface area contributed by atoms with E-state index in [1.165, 1.54) is 6.92 Å². The van der Waals surface area contributed by atoms with Gasteiger partial charge in [0.05, 0.1) is 12.6 Å². The van der Waals surface area contributed by atoms with Crippen LogP contribution in [-0.4, -0.2) is 77.1 Å². The number of carbonyl (C=O) groups is 3. The van der Waals surface area contributed by atoms with Crippen molar-refractivity contribution in [3.63, 3.8) is 0 Å². The molecule has 1 aliphatic heterocycles. The molecule has 1 fully saturated rings. The van der Waals surface area contributed by atoms with E-state index in [-0.39, 0.29) is 40.9 Å². The van der Waals surface area contributed by atoms with Crippen LogP contribution in [-0.2, 0) is 23.2 Å². The highest BCUT2D eigenvalue weighted by Gasteiger charge is 2.54. The highest BCUT2D eigenvalue weighted by atomic mass is 28.4. The number of likely N-dealkylation sites (tertiary alicyclic amines) is 1. The Balaban J connectivity index is 3.46. The molecule has 0 radical (unpaired) electrons. The molecule has 0 aromatic carbocycles. The zero-order chi connectivity index (χ0) is 28.1. The van der Waals surface area contributed by atoms with E-state index in [0.717, 1.165) is 19.3 Å². The molecule has 0 spiro atoms. The summed E-state index contributed by atoms with van der Waals surface area (Å²) in [6, 6.07) is -0.809. The molecule has 0 aromatic heterocycles. The fourth-order valence-electron chi connectivity index (χ4n) is 3.65. The first-order valence-corrected chi connectivity index (χ1v) is 19.2. The van der Waals surface area contributed by atoms with Crippen molar-refractivity contribution in [3.05, 3.63) is 0 Å². The minimum absolute atomic E-state index is 0.0416. The topological polar surface area (TPSA) is 97.0 Å². The van der Waals surface area contributed by atoms with Crippen LogP contribution in [0.3, 0.4) is 0 Å². The van der Waals surface area contributed by atoms with Gasteiger partial charge in [0.1, 0.15) is 12.1 Å². The largest absolute Gasteiger partial charge is 0.409 e. The average Bonchev–Trinajstić information content (AvgIpc) is 3.04. The van der Waals surface area contributed by atoms with Gasteiger partial charge in [0.2, 0.25) is 17.7 Å². The van der Waals surface area contributed by atoms with Crippen molar-refractivity contribution < 1.29 is 23.2 Å². The van der Waals surface area contributed by atoms with E-state index in [1.807, 2.05) is 0 Å². The third-order valence-corrected chi connectivity index (χ3v) is 17.0. The molecule has 0 bridgehead atoms. The molecule has 3 amide bonds. The van der Waals surface area contributed by atoms with Crippen LogP contribution >= 0.6 is 0 Å². The summed E-state index contributed by atoms with van der Waals surface area (Å²) < 4.78 is 13.7. The molecule has 0 aromatic rings. The van der Waals surface area contributed by atoms with Crippen LogP contribution in [0, 0.1) is 0 Å². The van der Waals surface area contributed by atoms with Gasteiger partial charge in [0, 0.05) is 20.0 Å². The maximum Gasteiger partial charge on any atom is 0.245 e. The van der Waals surface area contributed by atoms with Crippen LogP contribution in [0.4, 0.5) is 0 Å². The summed E-state index contributed by atoms with van der Waals surface area (Å²) in [7, 11) is -4.56. The Morgan fingerprint density at radius 3 is 1.89 bits per heavy atom. The lowest BCUT2D eigenvalue weighted by atomic mass is 10.1. The molecular weight excluding hydrogens is 490 g/mol. The highest BCUT2D eigenvalue weighted by Crippen LogP contribution is 2.42. The van der Waals surface area contributed by atoms with Gasteiger partial charge in [-0.25, -0.2) is 0 Å². The van der Waals surface area contributed by atoms with E-state index in [1.54, 1.807) is 4.90 Å². The van der Waals surface area contributed by atoms with Crippen LogP contribution in [0.15, 0.2) is 0 Å². The smallest absolute Gasteiger partial charge is 0.245 e. The molecule has 36 heavy (non-hydrogen) atoms. The predicted molar refractivity (Wildman–Crippen MR) is 151 cm³/mol. The number of rotatable bonds is 11. The lowest BCUT2D eigenvalue weighted by Gasteiger charge is -2.43. The number of unbranched alkanes of at least 4 members (excludes halogenated alkanes) is 2. The summed E-state index contributed by atoms with van der Waals surface area (Å²) in [4.78, 5) is 40.0. The van der Waals surface area contributed by atoms with Gasteiger partial charge in [-0.2, -0.15) is 0 Å². The monoisotopic (exact) mass is 543 g/mol. The predicted octanol–water partition coefficient (Wildman–Crippen LogP) is 4.42. The third kappa shape index (κ3) is 8.67. The molecule has 1 rings (SSSR count). The molecule has 2 N–H and O–H groups in total. The van der Waals surface area contributed by atoms with Gasteiger partial charge in [0.15, 0.2) is 16.6 Å². The number of hydrogen-bond donors (Lipinski definition) is 2. The van der Waals surface area contributed by atoms with E-state index in [0.29, 0.717) is 6.54 Å². The summed E-state index contributed by atoms with van der Waals surface area (Å²) in [6.45, 7) is 25.9. The van der Waals surface area contributed by atoms with Gasteiger partial charge >= 0.3 is 0 Å². The fourth-order valence-corrected chi connectivity index (χ4v) is 6.28. The maximum atomic E-state index is 13.6. The molecule has 1 aliphatic rings. The fraction of sp³-hybridized carbons (Fsp3) is 0.885. The minimum atomic E-state index is -2.32. The number of nitrogens with zero attached hydrogens (tertiary/aromatic N) is 1. The van der Waals surface area contributed by atoms with Crippen LogP contribution < -0.4 is 10.6 Å². The number of amides is 3. The van der Waals surface area contributed by atoms with E-state index in [4.69, 9.17) is 8.85 Å². The summed E-state index contributed by atoms with van der Waals surface area (Å²) in [6.07, 6.45) is 1.96. The van der Waals surface area contributed by atoms with Crippen LogP contribution in [0.2, 0.25) is 36.3 Å². The number of nitrogens with one attached hydrogen (secondary N) is 2. The van der Waals surface area contributed by atoms with Crippen molar-refractivity contribution in [2.24, 2.45) is 0 Å². The molecule has 0 saturated carbocycles. The van der Waals surface area contributed by atoms with Crippen LogP contribution in [0.1, 0.15) is 74.7 Å². The Bertz CT molecular complexity index is 775. The second-order valence-electron chi connectivity index (χ2n) is 13.2. The molecule has 3 atom stereocenters. The quantitative estimate of drug-likeness (QED) is 0.297. The van der Waals surface area contributed by atoms with E-state index in [9.17, 15) is 14.4 Å². The molecule has 10 heteroatoms. The van der Waals surface area contributed by atoms with Crippen molar-refractivity contribution in [2.75, 3.05) is 19.6 Å². The Morgan fingerprint density at radius 1 is 0.889 bits per heavy atom. The SMILES string of the molecule is CCCCCNC(=O)C1[C@H](O[Si](C)(C)C(C)(C)C)[C@@H](O[Si](C)(C)C(C)(C)C)CN1C(=O)CNC(C)=O. The van der Waals surface area contributed by atoms with Crippen molar-refractivity contribution in [2.45, 2.75) is 129 Å². The van der Waals surface area contributed by atoms with Crippen LogP contribution in [0.5, 0.6) is 0 Å². The first kappa shape index (κ1) is 32.8. The first-order chi connectivity index (χ1) is 16.2. The second kappa shape index (κ2) is 12.5. The lowest BCUT2D eigenvalue weighted by molar-refractivity contribution is -0.140. The number of carbonyl (C=O) groups excluding carboxylic acids is 3. The number of hydrogen-bond acceptors (Lipinski definition) is 5. The van der Waals surface area contributed by atoms with E-state index < -0.39 is 34.9 Å². The zero-order valence-corrected chi connectivity index (χ0v) is 27.0. The molecular formula is C26H53N3O5Si2. The molecule has 1 heterocycles. The van der Waals surface area contributed by atoms with Crippen molar-refractivity contribution >= 4 is 34.4 Å². The van der Waals surface area contributed by atoms with Gasteiger partial charge in [-0.1, -0.05) is 61.3 Å². The minimum Gasteiger partial charge on any atom is -0.409 e. The second-order valence-corrected chi connectivity index (χ2v) is 22.7. The molecule has 1 saturated heterocycles. The molecule has 210 valence electrons. The molecule has 1 unspecified atom stereocenters. The van der Waals surface area contributed by atoms with Gasteiger partial charge < -0.3 is 24.4 Å². The summed E-state index contributed by atoms with van der Waals surface area (Å²) in [5.41, 5.74) is 0. The Hall–Kier alpha value is -1.24. The van der Waals surface area contributed by atoms with E-state index >= 15 is 0 Å². The highest BCUT2D eigenvalue weighted by molar-refractivity contribution is 6.74. The summed E-state index contributed by atoms with van der Waals surface area (Å²) >= 11 is 0. The lowest BCUT2D eigenvalue weighted by Crippen LogP contribution is -2.57. The van der Waals surface area contributed by atoms with Crippen LogP contribution in [0.25, 0.3) is 0 Å². The summed E-state index contributed by atoms with van der Waals surface area (Å²) in [5.74, 6) is -0.803. The Morgan fingerprint density at radius 2 is 1.42 bits per heavy atom. The summed E-state index contributed by atoms with van der Waals surface area (Å²) in [5, 5.41) is 5.52. The average molecular weight is 544 g/mol. The van der Waals surface area contributed by atoms with Gasteiger partial charge in [-0.15, -0.1) is 0 Å². The zero-order valence-electron chi connectivity index (χ0n) is 25.0. The van der Waals surface area contributed by atoms with Crippen molar-refractivity contribution in [3.8, 4) is 0 Å². The van der Waals surface area contributed by atoms with Gasteiger partial charge in [0.25, 0.3) is 0 Å².